The van der Waals surface area contributed by atoms with E-state index in [0.29, 0.717) is 12.0 Å². The molecule has 1 aliphatic rings. The molecule has 0 aliphatic carbocycles. The second-order valence-corrected chi connectivity index (χ2v) is 17.3. The molecule has 0 aromatic heterocycles. The van der Waals surface area contributed by atoms with Gasteiger partial charge >= 0.3 is 11.9 Å². The van der Waals surface area contributed by atoms with E-state index in [2.05, 4.69) is 38.5 Å². The van der Waals surface area contributed by atoms with Crippen LogP contribution in [-0.2, 0) is 60.7 Å². The van der Waals surface area contributed by atoms with Crippen LogP contribution in [0.25, 0.3) is 0 Å². The molecule has 0 bridgehead atoms. The summed E-state index contributed by atoms with van der Waals surface area (Å²) in [6.45, 7) is 13.0. The predicted molar refractivity (Wildman–Crippen MR) is 255 cm³/mol. The molecule has 0 spiro atoms. The van der Waals surface area contributed by atoms with Crippen LogP contribution >= 0.6 is 0 Å². The summed E-state index contributed by atoms with van der Waals surface area (Å²) in [6, 6.07) is 9.64. The normalized spacial score (nSPS) is 25.7. The van der Waals surface area contributed by atoms with Gasteiger partial charge in [-0.3, -0.25) is 33.6 Å². The van der Waals surface area contributed by atoms with Crippen LogP contribution in [0, 0.1) is 17.8 Å². The molecule has 0 saturated carbocycles. The molecular formula is C50H67N7O12. The van der Waals surface area contributed by atoms with Gasteiger partial charge in [0.25, 0.3) is 5.91 Å². The highest BCUT2D eigenvalue weighted by Crippen LogP contribution is 2.19. The zero-order valence-corrected chi connectivity index (χ0v) is 40.4. The van der Waals surface area contributed by atoms with Crippen LogP contribution < -0.4 is 31.9 Å². The first-order chi connectivity index (χ1) is 32.6. The van der Waals surface area contributed by atoms with E-state index >= 15 is 0 Å². The van der Waals surface area contributed by atoms with Crippen molar-refractivity contribution in [2.75, 3.05) is 14.2 Å². The quantitative estimate of drug-likeness (QED) is 0.112. The Morgan fingerprint density at radius 3 is 1.90 bits per heavy atom. The molecule has 69 heavy (non-hydrogen) atoms. The Bertz CT molecular complexity index is 2230. The number of hydrogen-bond donors (Lipinski definition) is 8. The minimum absolute atomic E-state index is 0.00242. The van der Waals surface area contributed by atoms with Gasteiger partial charge in [-0.2, -0.15) is 0 Å². The minimum Gasteiger partial charge on any atom is -0.480 e. The van der Waals surface area contributed by atoms with Crippen LogP contribution in [0.1, 0.15) is 71.9 Å². The molecule has 374 valence electrons. The number of carboxylic acids is 2. The summed E-state index contributed by atoms with van der Waals surface area (Å²) in [4.78, 5) is 121. The number of ether oxygens (including phenoxy) is 1. The summed E-state index contributed by atoms with van der Waals surface area (Å²) in [7, 11) is 2.84. The fraction of sp³-hybridized carbons (Fsp3) is 0.460. The van der Waals surface area contributed by atoms with Crippen LogP contribution in [-0.4, -0.2) is 125 Å². The monoisotopic (exact) mass is 957 g/mol. The zero-order valence-electron chi connectivity index (χ0n) is 40.4. The minimum atomic E-state index is -1.86. The highest BCUT2D eigenvalue weighted by molar-refractivity contribution is 6.00. The van der Waals surface area contributed by atoms with Gasteiger partial charge in [-0.05, 0) is 44.2 Å². The molecule has 2 aromatic rings. The van der Waals surface area contributed by atoms with Crippen molar-refractivity contribution in [1.29, 1.82) is 0 Å². The van der Waals surface area contributed by atoms with Crippen LogP contribution in [0.2, 0.25) is 0 Å². The lowest BCUT2D eigenvalue weighted by Gasteiger charge is -2.28. The highest BCUT2D eigenvalue weighted by atomic mass is 16.5. The third-order valence-corrected chi connectivity index (χ3v) is 12.0. The van der Waals surface area contributed by atoms with E-state index < -0.39 is 120 Å². The third-order valence-electron chi connectivity index (χ3n) is 12.0. The number of carboxylic acid groups (broad SMARTS) is 2. The molecule has 1 fully saturated rings. The number of carbonyl (C=O) groups is 9. The lowest BCUT2D eigenvalue weighted by atomic mass is 9.94. The largest absolute Gasteiger partial charge is 0.480 e. The smallest absolute Gasteiger partial charge is 0.327 e. The number of carbonyl (C=O) groups excluding carboxylic acids is 7. The first kappa shape index (κ1) is 56.2. The third kappa shape index (κ3) is 17.2. The van der Waals surface area contributed by atoms with E-state index in [9.17, 15) is 53.4 Å². The van der Waals surface area contributed by atoms with Crippen LogP contribution in [0.3, 0.4) is 0 Å². The van der Waals surface area contributed by atoms with Crippen molar-refractivity contribution < 1.29 is 58.1 Å². The van der Waals surface area contributed by atoms with Crippen molar-refractivity contribution in [3.63, 3.8) is 0 Å². The van der Waals surface area contributed by atoms with E-state index in [1.165, 1.54) is 27.8 Å². The number of rotatable bonds is 12. The number of methoxy groups -OCH3 is 1. The average Bonchev–Trinajstić information content (AvgIpc) is 3.32. The van der Waals surface area contributed by atoms with E-state index in [4.69, 9.17) is 4.74 Å². The Balaban J connectivity index is 2.05. The number of aliphatic carboxylic acids is 2. The van der Waals surface area contributed by atoms with Crippen molar-refractivity contribution in [2.24, 2.45) is 17.8 Å². The van der Waals surface area contributed by atoms with Gasteiger partial charge in [0.05, 0.1) is 24.0 Å². The SMILES string of the molecule is C=C1C(=O)N[C@H](C)C(=O)N[C@@H](Cc2ccccc2)C(=O)N[C@@H](C(=O)O)[C@H](C)C(=O)N[C@@H](CC)C(=O)N[C@@H](/C=C/C(C)=C/[C@H](C)[C@H](Cc2ccccc2)OC)[C@H](C)C(=O)N[C@@H](C(=O)O)CCC(=O)N1C. The molecule has 0 unspecified atom stereocenters. The summed E-state index contributed by atoms with van der Waals surface area (Å²) in [5.41, 5.74) is 1.98. The zero-order chi connectivity index (χ0) is 51.5. The number of likely N-dealkylation sites (N-methyl/N-ethyl adjacent to an activating group) is 1. The molecule has 1 heterocycles. The molecule has 7 amide bonds. The fourth-order valence-electron chi connectivity index (χ4n) is 7.39. The van der Waals surface area contributed by atoms with E-state index in [1.807, 2.05) is 50.3 Å². The Hall–Kier alpha value is -7.15. The van der Waals surface area contributed by atoms with Crippen LogP contribution in [0.5, 0.6) is 0 Å². The van der Waals surface area contributed by atoms with Crippen molar-refractivity contribution >= 4 is 53.3 Å². The number of nitrogens with zero attached hydrogens (tertiary/aromatic N) is 1. The molecule has 19 heteroatoms. The topological polar surface area (TPSA) is 279 Å². The number of nitrogens with one attached hydrogen (secondary N) is 6. The lowest BCUT2D eigenvalue weighted by Crippen LogP contribution is -2.59. The van der Waals surface area contributed by atoms with Gasteiger partial charge in [-0.25, -0.2) is 9.59 Å². The molecule has 2 aromatic carbocycles. The summed E-state index contributed by atoms with van der Waals surface area (Å²) in [5.74, 6) is -11.8. The first-order valence-electron chi connectivity index (χ1n) is 22.8. The molecule has 8 N–H and O–H groups in total. The molecule has 1 aliphatic heterocycles. The van der Waals surface area contributed by atoms with Gasteiger partial charge in [-0.1, -0.05) is 119 Å². The molecule has 3 rings (SSSR count). The Kier molecular flexibility index (Phi) is 22.0. The Labute approximate surface area is 402 Å². The van der Waals surface area contributed by atoms with Gasteiger partial charge in [0.15, 0.2) is 0 Å². The fourth-order valence-corrected chi connectivity index (χ4v) is 7.39. The number of benzene rings is 2. The Morgan fingerprint density at radius 2 is 1.33 bits per heavy atom. The maximum atomic E-state index is 14.0. The van der Waals surface area contributed by atoms with Crippen molar-refractivity contribution in [3.05, 3.63) is 108 Å². The van der Waals surface area contributed by atoms with Crippen LogP contribution in [0.4, 0.5) is 0 Å². The number of amides is 7. The predicted octanol–water partition coefficient (Wildman–Crippen LogP) is 2.17. The molecule has 1 saturated heterocycles. The lowest BCUT2D eigenvalue weighted by molar-refractivity contribution is -0.146. The van der Waals surface area contributed by atoms with E-state index in [0.717, 1.165) is 16.0 Å². The molecular weight excluding hydrogens is 891 g/mol. The highest BCUT2D eigenvalue weighted by Gasteiger charge is 2.37. The standard InChI is InChI=1S/C50H67N7O12/c1-10-36-47(63)53-37(22-21-28(2)25-29(3)40(69-9)27-35-19-15-12-16-20-35)30(4)43(59)54-38(49(65)66)23-24-41(58)57(8)33(7)46(62)51-32(6)45(61)55-39(26-34-17-13-11-14-18-34)48(64)56-42(50(67)68)31(5)44(60)52-36/h11-22,25,29-32,36-40,42H,7,10,23-24,26-27H2,1-6,8-9H3,(H,51,62)(H,52,60)(H,53,63)(H,54,59)(H,55,61)(H,56,64)(H,65,66)(H,67,68)/b22-21+,28-25+/t29-,30-,31-,32+,36-,37-,38+,39-,40-,42+/m0/s1. The first-order valence-corrected chi connectivity index (χ1v) is 22.8. The summed E-state index contributed by atoms with van der Waals surface area (Å²) in [6.07, 6.45) is 4.61. The molecule has 10 atom stereocenters. The number of hydrogen-bond acceptors (Lipinski definition) is 10. The van der Waals surface area contributed by atoms with Gasteiger partial charge < -0.3 is 51.8 Å². The molecule has 19 nitrogen and oxygen atoms in total. The van der Waals surface area contributed by atoms with Gasteiger partial charge in [-0.15, -0.1) is 0 Å². The maximum Gasteiger partial charge on any atom is 0.327 e. The Morgan fingerprint density at radius 1 is 0.768 bits per heavy atom. The second-order valence-electron chi connectivity index (χ2n) is 17.3. The summed E-state index contributed by atoms with van der Waals surface area (Å²) >= 11 is 0. The maximum absolute atomic E-state index is 14.0. The summed E-state index contributed by atoms with van der Waals surface area (Å²) in [5, 5.41) is 35.4. The van der Waals surface area contributed by atoms with Gasteiger partial charge in [0.1, 0.15) is 35.9 Å². The van der Waals surface area contributed by atoms with E-state index in [-0.39, 0.29) is 24.9 Å². The van der Waals surface area contributed by atoms with Crippen molar-refractivity contribution in [1.82, 2.24) is 36.8 Å². The second kappa shape index (κ2) is 27.0. The van der Waals surface area contributed by atoms with Crippen LogP contribution in [0.15, 0.2) is 96.7 Å². The van der Waals surface area contributed by atoms with Crippen molar-refractivity contribution in [3.8, 4) is 0 Å². The van der Waals surface area contributed by atoms with Gasteiger partial charge in [0, 0.05) is 32.9 Å². The van der Waals surface area contributed by atoms with E-state index in [1.54, 1.807) is 56.5 Å². The molecule has 0 radical (unpaired) electrons. The average molecular weight is 958 g/mol. The summed E-state index contributed by atoms with van der Waals surface area (Å²) < 4.78 is 5.80. The number of allylic oxidation sites excluding steroid dienone is 2. The van der Waals surface area contributed by atoms with Crippen molar-refractivity contribution in [2.45, 2.75) is 116 Å². The van der Waals surface area contributed by atoms with Gasteiger partial charge in [0.2, 0.25) is 35.4 Å².